The van der Waals surface area contributed by atoms with Crippen molar-refractivity contribution in [3.8, 4) is 0 Å². The predicted molar refractivity (Wildman–Crippen MR) is 107 cm³/mol. The summed E-state index contributed by atoms with van der Waals surface area (Å²) >= 11 is 2.73. The van der Waals surface area contributed by atoms with E-state index < -0.39 is 11.1 Å². The number of nitrogens with zero attached hydrogens (tertiary/aromatic N) is 1. The fourth-order valence-corrected chi connectivity index (χ4v) is 5.33. The van der Waals surface area contributed by atoms with Gasteiger partial charge in [0.15, 0.2) is 5.16 Å². The standard InChI is InChI=1S/C19H18FN3O2S2/c1-10(16(24)21-13-8-4-3-7-12(13)20)26-19-22-17(25)15-11-6-2-5-9-14(11)27-18(15)23-19/h3-4,7-8,10H,2,5-6,9H2,1H3,(H,21,24)(H,22,23,25)/t10-/m0/s1. The Bertz CT molecular complexity index is 1080. The van der Waals surface area contributed by atoms with Gasteiger partial charge in [-0.15, -0.1) is 11.3 Å². The molecule has 27 heavy (non-hydrogen) atoms. The minimum atomic E-state index is -0.542. The van der Waals surface area contributed by atoms with Crippen LogP contribution in [0.15, 0.2) is 34.2 Å². The Labute approximate surface area is 163 Å². The molecule has 2 aromatic heterocycles. The number of aromatic nitrogens is 2. The van der Waals surface area contributed by atoms with Crippen molar-refractivity contribution in [2.45, 2.75) is 43.0 Å². The number of carbonyl (C=O) groups is 1. The number of hydrogen-bond acceptors (Lipinski definition) is 5. The van der Waals surface area contributed by atoms with Crippen LogP contribution in [0.3, 0.4) is 0 Å². The third-order valence-corrected chi connectivity index (χ3v) is 6.76. The van der Waals surface area contributed by atoms with Crippen molar-refractivity contribution in [1.82, 2.24) is 9.97 Å². The van der Waals surface area contributed by atoms with E-state index in [1.165, 1.54) is 17.0 Å². The summed E-state index contributed by atoms with van der Waals surface area (Å²) in [5, 5.41) is 3.13. The second kappa shape index (κ2) is 7.44. The van der Waals surface area contributed by atoms with Gasteiger partial charge in [-0.05, 0) is 50.3 Å². The van der Waals surface area contributed by atoms with E-state index >= 15 is 0 Å². The first-order valence-electron chi connectivity index (χ1n) is 8.79. The molecule has 1 atom stereocenters. The van der Waals surface area contributed by atoms with Gasteiger partial charge in [0.2, 0.25) is 5.91 Å². The molecule has 3 aromatic rings. The van der Waals surface area contributed by atoms with Gasteiger partial charge in [-0.1, -0.05) is 23.9 Å². The molecule has 0 saturated heterocycles. The Hall–Kier alpha value is -2.19. The summed E-state index contributed by atoms with van der Waals surface area (Å²) in [5.74, 6) is -0.835. The highest BCUT2D eigenvalue weighted by Gasteiger charge is 2.22. The average Bonchev–Trinajstić information content (AvgIpc) is 3.02. The lowest BCUT2D eigenvalue weighted by atomic mass is 9.97. The monoisotopic (exact) mass is 403 g/mol. The van der Waals surface area contributed by atoms with Gasteiger partial charge in [0, 0.05) is 4.88 Å². The van der Waals surface area contributed by atoms with Gasteiger partial charge in [0.1, 0.15) is 10.6 Å². The number of carbonyl (C=O) groups excluding carboxylic acids is 1. The lowest BCUT2D eigenvalue weighted by Gasteiger charge is -2.12. The smallest absolute Gasteiger partial charge is 0.260 e. The van der Waals surface area contributed by atoms with Gasteiger partial charge >= 0.3 is 0 Å². The summed E-state index contributed by atoms with van der Waals surface area (Å²) in [6.45, 7) is 1.70. The third kappa shape index (κ3) is 3.64. The Morgan fingerprint density at radius 1 is 1.33 bits per heavy atom. The van der Waals surface area contributed by atoms with Crippen molar-refractivity contribution in [2.75, 3.05) is 5.32 Å². The van der Waals surface area contributed by atoms with Crippen molar-refractivity contribution in [1.29, 1.82) is 0 Å². The topological polar surface area (TPSA) is 74.8 Å². The van der Waals surface area contributed by atoms with Gasteiger partial charge in [-0.25, -0.2) is 9.37 Å². The van der Waals surface area contributed by atoms with Gasteiger partial charge in [0.05, 0.1) is 16.3 Å². The van der Waals surface area contributed by atoms with Crippen molar-refractivity contribution in [2.24, 2.45) is 0 Å². The highest BCUT2D eigenvalue weighted by atomic mass is 32.2. The second-order valence-electron chi connectivity index (χ2n) is 6.49. The lowest BCUT2D eigenvalue weighted by Crippen LogP contribution is -2.23. The number of aromatic amines is 1. The van der Waals surface area contributed by atoms with E-state index in [1.54, 1.807) is 30.4 Å². The zero-order valence-corrected chi connectivity index (χ0v) is 16.3. The number of thioether (sulfide) groups is 1. The molecule has 2 N–H and O–H groups in total. The Morgan fingerprint density at radius 2 is 2.11 bits per heavy atom. The molecule has 0 unspecified atom stereocenters. The molecule has 8 heteroatoms. The third-order valence-electron chi connectivity index (χ3n) is 4.59. The van der Waals surface area contributed by atoms with E-state index in [0.717, 1.165) is 47.8 Å². The molecule has 1 amide bonds. The number of nitrogens with one attached hydrogen (secondary N) is 2. The number of anilines is 1. The number of halogens is 1. The number of rotatable bonds is 4. The summed E-state index contributed by atoms with van der Waals surface area (Å²) in [6.07, 6.45) is 4.17. The largest absolute Gasteiger partial charge is 0.323 e. The summed E-state index contributed by atoms with van der Waals surface area (Å²) in [6, 6.07) is 6.02. The van der Waals surface area contributed by atoms with Crippen LogP contribution in [0.1, 0.15) is 30.2 Å². The number of hydrogen-bond donors (Lipinski definition) is 2. The van der Waals surface area contributed by atoms with Crippen molar-refractivity contribution in [3.05, 3.63) is 50.9 Å². The first kappa shape index (κ1) is 18.2. The molecule has 0 saturated carbocycles. The van der Waals surface area contributed by atoms with E-state index in [0.29, 0.717) is 10.5 Å². The van der Waals surface area contributed by atoms with Crippen LogP contribution in [-0.2, 0) is 17.6 Å². The Balaban J connectivity index is 1.55. The van der Waals surface area contributed by atoms with Crippen LogP contribution in [0.2, 0.25) is 0 Å². The Kier molecular flexibility index (Phi) is 5.01. The highest BCUT2D eigenvalue weighted by Crippen LogP contribution is 2.34. The van der Waals surface area contributed by atoms with Crippen molar-refractivity contribution >= 4 is 44.9 Å². The van der Waals surface area contributed by atoms with Crippen LogP contribution in [-0.4, -0.2) is 21.1 Å². The zero-order valence-electron chi connectivity index (χ0n) is 14.7. The van der Waals surface area contributed by atoms with E-state index in [2.05, 4.69) is 15.3 Å². The normalized spacial score (nSPS) is 14.7. The molecule has 140 valence electrons. The van der Waals surface area contributed by atoms with Crippen LogP contribution in [0.5, 0.6) is 0 Å². The van der Waals surface area contributed by atoms with Crippen LogP contribution in [0, 0.1) is 5.82 Å². The van der Waals surface area contributed by atoms with Crippen LogP contribution in [0.4, 0.5) is 10.1 Å². The molecule has 0 bridgehead atoms. The maximum atomic E-state index is 13.7. The SMILES string of the molecule is C[C@H](Sc1nc2sc3c(c2c(=O)[nH]1)CCCC3)C(=O)Nc1ccccc1F. The number of thiophene rings is 1. The molecular weight excluding hydrogens is 385 g/mol. The molecule has 2 heterocycles. The molecule has 0 fully saturated rings. The van der Waals surface area contributed by atoms with Crippen molar-refractivity contribution < 1.29 is 9.18 Å². The van der Waals surface area contributed by atoms with E-state index in [-0.39, 0.29) is 17.2 Å². The lowest BCUT2D eigenvalue weighted by molar-refractivity contribution is -0.115. The number of amides is 1. The van der Waals surface area contributed by atoms with E-state index in [9.17, 15) is 14.0 Å². The van der Waals surface area contributed by atoms with Crippen molar-refractivity contribution in [3.63, 3.8) is 0 Å². The van der Waals surface area contributed by atoms with Crippen LogP contribution < -0.4 is 10.9 Å². The van der Waals surface area contributed by atoms with Gasteiger partial charge < -0.3 is 10.3 Å². The minimum absolute atomic E-state index is 0.137. The summed E-state index contributed by atoms with van der Waals surface area (Å²) < 4.78 is 13.7. The predicted octanol–water partition coefficient (Wildman–Crippen LogP) is 4.12. The number of fused-ring (bicyclic) bond motifs is 3. The molecule has 5 nitrogen and oxygen atoms in total. The fraction of sp³-hybridized carbons (Fsp3) is 0.316. The number of aryl methyl sites for hydroxylation is 2. The van der Waals surface area contributed by atoms with Crippen LogP contribution in [0.25, 0.3) is 10.2 Å². The Morgan fingerprint density at radius 3 is 2.93 bits per heavy atom. The molecule has 0 radical (unpaired) electrons. The highest BCUT2D eigenvalue weighted by molar-refractivity contribution is 8.00. The van der Waals surface area contributed by atoms with Gasteiger partial charge in [-0.3, -0.25) is 9.59 Å². The number of H-pyrrole nitrogens is 1. The zero-order chi connectivity index (χ0) is 19.0. The number of benzene rings is 1. The molecular formula is C19H18FN3O2S2. The number of para-hydroxylation sites is 1. The quantitative estimate of drug-likeness (QED) is 0.508. The van der Waals surface area contributed by atoms with Gasteiger partial charge in [0.25, 0.3) is 5.56 Å². The maximum Gasteiger partial charge on any atom is 0.260 e. The molecule has 1 aliphatic carbocycles. The van der Waals surface area contributed by atoms with E-state index in [4.69, 9.17) is 0 Å². The first-order valence-corrected chi connectivity index (χ1v) is 10.5. The molecule has 0 spiro atoms. The molecule has 1 aliphatic rings. The van der Waals surface area contributed by atoms with Crippen LogP contribution >= 0.6 is 23.1 Å². The molecule has 1 aromatic carbocycles. The van der Waals surface area contributed by atoms with E-state index in [1.807, 2.05) is 0 Å². The molecule has 0 aliphatic heterocycles. The fourth-order valence-electron chi connectivity index (χ4n) is 3.22. The summed E-state index contributed by atoms with van der Waals surface area (Å²) in [5.41, 5.74) is 1.12. The molecule has 4 rings (SSSR count). The maximum absolute atomic E-state index is 13.7. The first-order chi connectivity index (χ1) is 13.0. The summed E-state index contributed by atoms with van der Waals surface area (Å²) in [4.78, 5) is 34.3. The minimum Gasteiger partial charge on any atom is -0.323 e. The average molecular weight is 404 g/mol. The van der Waals surface area contributed by atoms with Gasteiger partial charge in [-0.2, -0.15) is 0 Å². The summed E-state index contributed by atoms with van der Waals surface area (Å²) in [7, 11) is 0. The second-order valence-corrected chi connectivity index (χ2v) is 8.90.